The Morgan fingerprint density at radius 3 is 2.50 bits per heavy atom. The number of ether oxygens (including phenoxy) is 1. The lowest BCUT2D eigenvalue weighted by Crippen LogP contribution is -2.29. The van der Waals surface area contributed by atoms with Gasteiger partial charge < -0.3 is 10.1 Å². The molecule has 0 aromatic heterocycles. The molecule has 2 unspecified atom stereocenters. The fourth-order valence-corrected chi connectivity index (χ4v) is 2.09. The molecule has 0 bridgehead atoms. The van der Waals surface area contributed by atoms with Crippen molar-refractivity contribution >= 4 is 0 Å². The minimum atomic E-state index is 0.318. The Morgan fingerprint density at radius 1 is 1.38 bits per heavy atom. The summed E-state index contributed by atoms with van der Waals surface area (Å²) in [6, 6.07) is 11.5. The highest BCUT2D eigenvalue weighted by molar-refractivity contribution is 5.20. The molecule has 2 nitrogen and oxygen atoms in total. The maximum Gasteiger partial charge on any atom is 0.0657 e. The molecule has 1 fully saturated rings. The van der Waals surface area contributed by atoms with Crippen LogP contribution in [-0.2, 0) is 4.74 Å². The lowest BCUT2D eigenvalue weighted by Gasteiger charge is -2.19. The molecule has 1 aliphatic carbocycles. The Labute approximate surface area is 98.0 Å². The molecule has 0 spiro atoms. The van der Waals surface area contributed by atoms with Crippen LogP contribution in [0.5, 0.6) is 0 Å². The maximum atomic E-state index is 5.29. The number of benzene rings is 1. The standard InChI is InChI=1S/C14H21NO/c1-14(2)9-13(14)15-12(10-16-3)11-7-5-4-6-8-11/h4-8,12-13,15H,9-10H2,1-3H3. The van der Waals surface area contributed by atoms with Crippen molar-refractivity contribution in [2.24, 2.45) is 5.41 Å². The lowest BCUT2D eigenvalue weighted by molar-refractivity contribution is 0.164. The molecule has 2 heteroatoms. The van der Waals surface area contributed by atoms with Gasteiger partial charge in [-0.05, 0) is 17.4 Å². The van der Waals surface area contributed by atoms with Crippen LogP contribution in [0.1, 0.15) is 31.9 Å². The SMILES string of the molecule is COCC(NC1CC1(C)C)c1ccccc1. The second-order valence-electron chi connectivity index (χ2n) is 5.33. The summed E-state index contributed by atoms with van der Waals surface area (Å²) in [4.78, 5) is 0. The molecule has 88 valence electrons. The summed E-state index contributed by atoms with van der Waals surface area (Å²) >= 11 is 0. The molecule has 1 saturated carbocycles. The van der Waals surface area contributed by atoms with Crippen LogP contribution in [0.2, 0.25) is 0 Å². The van der Waals surface area contributed by atoms with Gasteiger partial charge >= 0.3 is 0 Å². The largest absolute Gasteiger partial charge is 0.383 e. The molecule has 2 atom stereocenters. The van der Waals surface area contributed by atoms with Crippen molar-refractivity contribution in [3.05, 3.63) is 35.9 Å². The average molecular weight is 219 g/mol. The molecule has 2 rings (SSSR count). The van der Waals surface area contributed by atoms with E-state index < -0.39 is 0 Å². The van der Waals surface area contributed by atoms with Gasteiger partial charge in [-0.15, -0.1) is 0 Å². The molecule has 1 aliphatic rings. The predicted molar refractivity (Wildman–Crippen MR) is 66.4 cm³/mol. The lowest BCUT2D eigenvalue weighted by atomic mass is 10.1. The minimum Gasteiger partial charge on any atom is -0.383 e. The van der Waals surface area contributed by atoms with Crippen LogP contribution < -0.4 is 5.32 Å². The third-order valence-corrected chi connectivity index (χ3v) is 3.45. The third-order valence-electron chi connectivity index (χ3n) is 3.45. The van der Waals surface area contributed by atoms with Gasteiger partial charge in [0.2, 0.25) is 0 Å². The normalized spacial score (nSPS) is 24.1. The summed E-state index contributed by atoms with van der Waals surface area (Å²) in [6.45, 7) is 5.34. The first kappa shape index (κ1) is 11.6. The summed E-state index contributed by atoms with van der Waals surface area (Å²) in [5.41, 5.74) is 1.77. The Kier molecular flexibility index (Phi) is 3.31. The summed E-state index contributed by atoms with van der Waals surface area (Å²) in [5, 5.41) is 3.67. The Bertz CT molecular complexity index is 334. The highest BCUT2D eigenvalue weighted by Crippen LogP contribution is 2.45. The molecule has 1 aromatic rings. The van der Waals surface area contributed by atoms with E-state index in [-0.39, 0.29) is 0 Å². The van der Waals surface area contributed by atoms with Crippen LogP contribution in [0, 0.1) is 5.41 Å². The van der Waals surface area contributed by atoms with Crippen molar-refractivity contribution in [1.82, 2.24) is 5.32 Å². The zero-order chi connectivity index (χ0) is 11.6. The molecule has 1 N–H and O–H groups in total. The number of nitrogens with one attached hydrogen (secondary N) is 1. The third kappa shape index (κ3) is 2.63. The van der Waals surface area contributed by atoms with Gasteiger partial charge in [-0.2, -0.15) is 0 Å². The molecule has 0 saturated heterocycles. The number of methoxy groups -OCH3 is 1. The van der Waals surface area contributed by atoms with Crippen LogP contribution >= 0.6 is 0 Å². The zero-order valence-electron chi connectivity index (χ0n) is 10.4. The molecule has 0 radical (unpaired) electrons. The first-order valence-electron chi connectivity index (χ1n) is 5.93. The molecule has 16 heavy (non-hydrogen) atoms. The van der Waals surface area contributed by atoms with Crippen molar-refractivity contribution in [3.8, 4) is 0 Å². The Hall–Kier alpha value is -0.860. The van der Waals surface area contributed by atoms with Gasteiger partial charge in [-0.3, -0.25) is 0 Å². The molecule has 1 aromatic carbocycles. The fourth-order valence-electron chi connectivity index (χ4n) is 2.09. The van der Waals surface area contributed by atoms with E-state index in [1.807, 2.05) is 0 Å². The van der Waals surface area contributed by atoms with Gasteiger partial charge in [-0.25, -0.2) is 0 Å². The predicted octanol–water partition coefficient (Wildman–Crippen LogP) is 2.76. The topological polar surface area (TPSA) is 21.3 Å². The molecular formula is C14H21NO. The van der Waals surface area contributed by atoms with E-state index in [0.717, 1.165) is 6.61 Å². The van der Waals surface area contributed by atoms with Crippen LogP contribution in [-0.4, -0.2) is 19.8 Å². The molecule has 0 amide bonds. The van der Waals surface area contributed by atoms with E-state index in [0.29, 0.717) is 17.5 Å². The summed E-state index contributed by atoms with van der Waals surface area (Å²) < 4.78 is 5.29. The van der Waals surface area contributed by atoms with Crippen molar-refractivity contribution in [3.63, 3.8) is 0 Å². The van der Waals surface area contributed by atoms with Gasteiger partial charge in [0.15, 0.2) is 0 Å². The first-order chi connectivity index (χ1) is 7.63. The van der Waals surface area contributed by atoms with Crippen molar-refractivity contribution < 1.29 is 4.74 Å². The Balaban J connectivity index is 2.01. The van der Waals surface area contributed by atoms with Gasteiger partial charge in [0, 0.05) is 13.2 Å². The monoisotopic (exact) mass is 219 g/mol. The van der Waals surface area contributed by atoms with E-state index in [9.17, 15) is 0 Å². The van der Waals surface area contributed by atoms with Crippen LogP contribution in [0.4, 0.5) is 0 Å². The summed E-state index contributed by atoms with van der Waals surface area (Å²) in [6.07, 6.45) is 1.26. The molecular weight excluding hydrogens is 198 g/mol. The summed E-state index contributed by atoms with van der Waals surface area (Å²) in [7, 11) is 1.76. The van der Waals surface area contributed by atoms with Gasteiger partial charge in [-0.1, -0.05) is 44.2 Å². The first-order valence-corrected chi connectivity index (χ1v) is 5.93. The van der Waals surface area contributed by atoms with Crippen LogP contribution in [0.3, 0.4) is 0 Å². The van der Waals surface area contributed by atoms with E-state index >= 15 is 0 Å². The highest BCUT2D eigenvalue weighted by Gasteiger charge is 2.46. The maximum absolute atomic E-state index is 5.29. The fraction of sp³-hybridized carbons (Fsp3) is 0.571. The average Bonchev–Trinajstić information content (AvgIpc) is 2.87. The molecule has 0 heterocycles. The number of hydrogen-bond donors (Lipinski definition) is 1. The van der Waals surface area contributed by atoms with E-state index in [4.69, 9.17) is 4.74 Å². The van der Waals surface area contributed by atoms with E-state index in [1.54, 1.807) is 7.11 Å². The quantitative estimate of drug-likeness (QED) is 0.822. The Morgan fingerprint density at radius 2 is 2.00 bits per heavy atom. The smallest absolute Gasteiger partial charge is 0.0657 e. The zero-order valence-corrected chi connectivity index (χ0v) is 10.4. The van der Waals surface area contributed by atoms with E-state index in [1.165, 1.54) is 12.0 Å². The van der Waals surface area contributed by atoms with Gasteiger partial charge in [0.1, 0.15) is 0 Å². The number of rotatable bonds is 5. The van der Waals surface area contributed by atoms with Crippen molar-refractivity contribution in [1.29, 1.82) is 0 Å². The highest BCUT2D eigenvalue weighted by atomic mass is 16.5. The van der Waals surface area contributed by atoms with Gasteiger partial charge in [0.05, 0.1) is 12.6 Å². The van der Waals surface area contributed by atoms with E-state index in [2.05, 4.69) is 49.5 Å². The van der Waals surface area contributed by atoms with Crippen molar-refractivity contribution in [2.45, 2.75) is 32.4 Å². The molecule has 0 aliphatic heterocycles. The number of hydrogen-bond acceptors (Lipinski definition) is 2. The van der Waals surface area contributed by atoms with Crippen molar-refractivity contribution in [2.75, 3.05) is 13.7 Å². The van der Waals surface area contributed by atoms with Gasteiger partial charge in [0.25, 0.3) is 0 Å². The van der Waals surface area contributed by atoms with Crippen LogP contribution in [0.15, 0.2) is 30.3 Å². The second-order valence-corrected chi connectivity index (χ2v) is 5.33. The minimum absolute atomic E-state index is 0.318. The van der Waals surface area contributed by atoms with Crippen LogP contribution in [0.25, 0.3) is 0 Å². The second kappa shape index (κ2) is 4.56. The summed E-state index contributed by atoms with van der Waals surface area (Å²) in [5.74, 6) is 0.